The summed E-state index contributed by atoms with van der Waals surface area (Å²) in [5, 5.41) is 9.08. The molecule has 120 valence electrons. The molecule has 3 heterocycles. The average Bonchev–Trinajstić information content (AvgIpc) is 3.31. The van der Waals surface area contributed by atoms with Gasteiger partial charge in [-0.2, -0.15) is 0 Å². The van der Waals surface area contributed by atoms with E-state index in [2.05, 4.69) is 27.0 Å². The number of likely N-dealkylation sites (tertiary alicyclic amines) is 1. The van der Waals surface area contributed by atoms with Gasteiger partial charge in [0.25, 0.3) is 5.91 Å². The first kappa shape index (κ1) is 14.6. The predicted octanol–water partition coefficient (Wildman–Crippen LogP) is 2.02. The fourth-order valence-corrected chi connectivity index (χ4v) is 3.86. The molecule has 1 spiro atoms. The van der Waals surface area contributed by atoms with Crippen molar-refractivity contribution in [2.75, 3.05) is 25.0 Å². The summed E-state index contributed by atoms with van der Waals surface area (Å²) in [6.45, 7) is 2.03. The Morgan fingerprint density at radius 1 is 1.39 bits per heavy atom. The Bertz CT molecular complexity index is 679. The van der Waals surface area contributed by atoms with Crippen molar-refractivity contribution in [3.63, 3.8) is 0 Å². The first-order valence-electron chi connectivity index (χ1n) is 7.76. The molecule has 1 aromatic carbocycles. The third kappa shape index (κ3) is 2.94. The van der Waals surface area contributed by atoms with Gasteiger partial charge in [-0.05, 0) is 30.1 Å². The van der Waals surface area contributed by atoms with Crippen molar-refractivity contribution in [2.24, 2.45) is 0 Å². The number of carbonyl (C=O) groups excluding carboxylic acids is 1. The van der Waals surface area contributed by atoms with Crippen molar-refractivity contribution < 1.29 is 9.53 Å². The molecule has 2 unspecified atom stereocenters. The number of anilines is 1. The van der Waals surface area contributed by atoms with Gasteiger partial charge in [0.05, 0.1) is 24.8 Å². The fraction of sp³-hybridized carbons (Fsp3) is 0.438. The Balaban J connectivity index is 1.38. The van der Waals surface area contributed by atoms with Crippen molar-refractivity contribution in [3.05, 3.63) is 41.4 Å². The number of hydrogen-bond acceptors (Lipinski definition) is 6. The maximum Gasteiger partial charge on any atom is 0.275 e. The zero-order chi connectivity index (χ0) is 15.7. The first-order chi connectivity index (χ1) is 11.2. The number of para-hydroxylation sites is 1. The first-order valence-corrected chi connectivity index (χ1v) is 8.60. The maximum atomic E-state index is 12.4. The van der Waals surface area contributed by atoms with Gasteiger partial charge in [-0.1, -0.05) is 22.7 Å². The Hall–Kier alpha value is -1.99. The summed E-state index contributed by atoms with van der Waals surface area (Å²) in [4.78, 5) is 14.2. The van der Waals surface area contributed by atoms with Crippen molar-refractivity contribution >= 4 is 23.1 Å². The van der Waals surface area contributed by atoms with Crippen LogP contribution in [0.15, 0.2) is 35.7 Å². The smallest absolute Gasteiger partial charge is 0.275 e. The molecule has 4 rings (SSSR count). The summed E-state index contributed by atoms with van der Waals surface area (Å²) >= 11 is 1.20. The van der Waals surface area contributed by atoms with Gasteiger partial charge < -0.3 is 15.0 Å². The molecule has 0 saturated carbocycles. The van der Waals surface area contributed by atoms with E-state index < -0.39 is 0 Å². The van der Waals surface area contributed by atoms with E-state index in [1.165, 1.54) is 11.5 Å². The van der Waals surface area contributed by atoms with Crippen LogP contribution in [0.5, 0.6) is 0 Å². The third-order valence-electron chi connectivity index (χ3n) is 4.54. The Morgan fingerprint density at radius 2 is 2.26 bits per heavy atom. The summed E-state index contributed by atoms with van der Waals surface area (Å²) in [6, 6.07) is 10.5. The van der Waals surface area contributed by atoms with Crippen molar-refractivity contribution in [3.8, 4) is 0 Å². The Kier molecular flexibility index (Phi) is 3.74. The van der Waals surface area contributed by atoms with Gasteiger partial charge in [-0.15, -0.1) is 5.10 Å². The topological polar surface area (TPSA) is 67.4 Å². The quantitative estimate of drug-likeness (QED) is 0.932. The van der Waals surface area contributed by atoms with Gasteiger partial charge in [-0.3, -0.25) is 4.79 Å². The number of carbonyl (C=O) groups is 1. The molecule has 2 saturated heterocycles. The number of rotatable bonds is 3. The molecule has 2 atom stereocenters. The molecule has 1 N–H and O–H groups in total. The number of benzene rings is 1. The summed E-state index contributed by atoms with van der Waals surface area (Å²) < 4.78 is 9.86. The van der Waals surface area contributed by atoms with Crippen LogP contribution >= 0.6 is 11.5 Å². The second-order valence-electron chi connectivity index (χ2n) is 6.17. The van der Waals surface area contributed by atoms with Crippen LogP contribution in [0.2, 0.25) is 0 Å². The molecule has 0 aliphatic carbocycles. The molecule has 2 fully saturated rings. The number of hydrogen-bond donors (Lipinski definition) is 1. The van der Waals surface area contributed by atoms with Crippen LogP contribution in [0.1, 0.15) is 23.3 Å². The Labute approximate surface area is 138 Å². The fourth-order valence-electron chi connectivity index (χ4n) is 3.43. The largest absolute Gasteiger partial charge is 0.380 e. The second kappa shape index (κ2) is 5.90. The van der Waals surface area contributed by atoms with E-state index in [0.29, 0.717) is 25.4 Å². The minimum Gasteiger partial charge on any atom is -0.380 e. The highest BCUT2D eigenvalue weighted by Crippen LogP contribution is 2.36. The van der Waals surface area contributed by atoms with Crippen molar-refractivity contribution in [2.45, 2.75) is 24.5 Å². The van der Waals surface area contributed by atoms with E-state index in [1.807, 2.05) is 23.1 Å². The summed E-state index contributed by atoms with van der Waals surface area (Å²) in [5.74, 6) is -0.0429. The molecule has 2 aliphatic heterocycles. The molecule has 2 aliphatic rings. The van der Waals surface area contributed by atoms with E-state index in [-0.39, 0.29) is 17.6 Å². The van der Waals surface area contributed by atoms with E-state index in [0.717, 1.165) is 18.5 Å². The van der Waals surface area contributed by atoms with Crippen LogP contribution in [0.4, 0.5) is 5.69 Å². The van der Waals surface area contributed by atoms with Gasteiger partial charge in [0, 0.05) is 24.0 Å². The van der Waals surface area contributed by atoms with Gasteiger partial charge in [0.1, 0.15) is 0 Å². The maximum absolute atomic E-state index is 12.4. The molecule has 6 nitrogen and oxygen atoms in total. The van der Waals surface area contributed by atoms with Crippen LogP contribution in [0, 0.1) is 0 Å². The Morgan fingerprint density at radius 3 is 3.04 bits per heavy atom. The average molecular weight is 330 g/mol. The van der Waals surface area contributed by atoms with Gasteiger partial charge in [0.15, 0.2) is 5.69 Å². The van der Waals surface area contributed by atoms with Crippen molar-refractivity contribution in [1.29, 1.82) is 0 Å². The zero-order valence-corrected chi connectivity index (χ0v) is 13.5. The predicted molar refractivity (Wildman–Crippen MR) is 87.6 cm³/mol. The minimum atomic E-state index is -0.217. The number of ether oxygens (including phenoxy) is 1. The molecule has 23 heavy (non-hydrogen) atoms. The number of nitrogens with one attached hydrogen (secondary N) is 1. The number of amides is 1. The standard InChI is InChI=1S/C16H18N4O2S/c21-15(14-10-23-19-18-14)20-7-6-16(11-20)8-13(9-22-16)17-12-4-2-1-3-5-12/h1-5,10,13,17H,6-9,11H2. The van der Waals surface area contributed by atoms with Crippen LogP contribution < -0.4 is 5.32 Å². The highest BCUT2D eigenvalue weighted by atomic mass is 32.1. The van der Waals surface area contributed by atoms with Crippen molar-refractivity contribution in [1.82, 2.24) is 14.5 Å². The summed E-state index contributed by atoms with van der Waals surface area (Å²) in [7, 11) is 0. The van der Waals surface area contributed by atoms with E-state index in [4.69, 9.17) is 4.74 Å². The van der Waals surface area contributed by atoms with E-state index in [1.54, 1.807) is 5.38 Å². The zero-order valence-electron chi connectivity index (χ0n) is 12.6. The van der Waals surface area contributed by atoms with Gasteiger partial charge in [0.2, 0.25) is 0 Å². The van der Waals surface area contributed by atoms with Crippen LogP contribution in [0.3, 0.4) is 0 Å². The SMILES string of the molecule is O=C(c1csnn1)N1CCC2(CC(Nc3ccccc3)CO2)C1. The molecule has 2 aromatic rings. The molecule has 7 heteroatoms. The van der Waals surface area contributed by atoms with Crippen LogP contribution in [-0.4, -0.2) is 51.7 Å². The minimum absolute atomic E-state index is 0.0429. The van der Waals surface area contributed by atoms with Crippen LogP contribution in [-0.2, 0) is 4.74 Å². The highest BCUT2D eigenvalue weighted by molar-refractivity contribution is 7.03. The number of aromatic nitrogens is 2. The third-order valence-corrected chi connectivity index (χ3v) is 5.04. The van der Waals surface area contributed by atoms with Crippen LogP contribution in [0.25, 0.3) is 0 Å². The normalized spacial score (nSPS) is 26.8. The van der Waals surface area contributed by atoms with E-state index >= 15 is 0 Å². The lowest BCUT2D eigenvalue weighted by Gasteiger charge is -2.23. The molecule has 1 amide bonds. The monoisotopic (exact) mass is 330 g/mol. The van der Waals surface area contributed by atoms with E-state index in [9.17, 15) is 4.79 Å². The molecule has 0 bridgehead atoms. The van der Waals surface area contributed by atoms with Gasteiger partial charge in [-0.25, -0.2) is 0 Å². The lowest BCUT2D eigenvalue weighted by Crippen LogP contribution is -2.36. The molecular weight excluding hydrogens is 312 g/mol. The second-order valence-corrected chi connectivity index (χ2v) is 6.78. The van der Waals surface area contributed by atoms with Gasteiger partial charge >= 0.3 is 0 Å². The number of nitrogens with zero attached hydrogens (tertiary/aromatic N) is 3. The molecule has 1 aromatic heterocycles. The lowest BCUT2D eigenvalue weighted by molar-refractivity contribution is 0.0124. The molecular formula is C16H18N4O2S. The lowest BCUT2D eigenvalue weighted by atomic mass is 9.97. The summed E-state index contributed by atoms with van der Waals surface area (Å²) in [6.07, 6.45) is 1.80. The summed E-state index contributed by atoms with van der Waals surface area (Å²) in [5.41, 5.74) is 1.33. The highest BCUT2D eigenvalue weighted by Gasteiger charge is 2.47. The molecule has 0 radical (unpaired) electrons.